The van der Waals surface area contributed by atoms with Gasteiger partial charge in [-0.25, -0.2) is 4.79 Å². The molecule has 0 bridgehead atoms. The fourth-order valence-electron chi connectivity index (χ4n) is 2.64. The Morgan fingerprint density at radius 3 is 2.43 bits per heavy atom. The van der Waals surface area contributed by atoms with Crippen molar-refractivity contribution in [2.24, 2.45) is 5.92 Å². The van der Waals surface area contributed by atoms with Crippen LogP contribution in [-0.4, -0.2) is 29.5 Å². The lowest BCUT2D eigenvalue weighted by Gasteiger charge is -2.26. The van der Waals surface area contributed by atoms with Gasteiger partial charge in [0.25, 0.3) is 0 Å². The summed E-state index contributed by atoms with van der Waals surface area (Å²) < 4.78 is 12.8. The van der Waals surface area contributed by atoms with Gasteiger partial charge in [-0.3, -0.25) is 10.1 Å². The van der Waals surface area contributed by atoms with E-state index in [1.165, 1.54) is 0 Å². The third kappa shape index (κ3) is 7.47. The summed E-state index contributed by atoms with van der Waals surface area (Å²) in [4.78, 5) is 23.9. The van der Waals surface area contributed by atoms with Gasteiger partial charge in [0.1, 0.15) is 11.9 Å². The van der Waals surface area contributed by atoms with Crippen molar-refractivity contribution >= 4 is 78.2 Å². The van der Waals surface area contributed by atoms with Crippen molar-refractivity contribution in [1.29, 1.82) is 0 Å². The maximum Gasteiger partial charge on any atom is 0.412 e. The van der Waals surface area contributed by atoms with E-state index in [2.05, 4.69) is 65.7 Å². The molecule has 0 radical (unpaired) electrons. The van der Waals surface area contributed by atoms with Crippen molar-refractivity contribution in [2.45, 2.75) is 19.4 Å². The number of aromatic hydroxyl groups is 1. The first-order valence-electron chi connectivity index (χ1n) is 8.88. The summed E-state index contributed by atoms with van der Waals surface area (Å²) in [7, 11) is 0. The topological polar surface area (TPSA) is 84.9 Å². The number of phenols is 1. The van der Waals surface area contributed by atoms with Crippen LogP contribution < -0.4 is 5.32 Å². The number of hydrogen-bond acceptors (Lipinski definition) is 6. The molecule has 2 atom stereocenters. The van der Waals surface area contributed by atoms with Crippen molar-refractivity contribution in [1.82, 2.24) is 0 Å². The molecule has 0 heterocycles. The van der Waals surface area contributed by atoms with Gasteiger partial charge in [0.2, 0.25) is 0 Å². The van der Waals surface area contributed by atoms with Crippen molar-refractivity contribution in [3.63, 3.8) is 0 Å². The Morgan fingerprint density at radius 1 is 1.13 bits per heavy atom. The molecule has 0 fully saturated rings. The van der Waals surface area contributed by atoms with E-state index in [0.29, 0.717) is 26.6 Å². The van der Waals surface area contributed by atoms with Gasteiger partial charge in [0, 0.05) is 26.1 Å². The SMILES string of the molecule is C[C@H](CCOC(=O)CS)[C@@H](OC(=O)Nc1ccc(Br)cc1)c1cc(Br)cc(Br)c1O. The summed E-state index contributed by atoms with van der Waals surface area (Å²) in [6.07, 6.45) is -1.04. The van der Waals surface area contributed by atoms with Crippen LogP contribution in [0.15, 0.2) is 49.8 Å². The molecule has 2 rings (SSSR count). The van der Waals surface area contributed by atoms with E-state index in [1.54, 1.807) is 36.4 Å². The number of carbonyl (C=O) groups is 2. The number of hydrogen-bond donors (Lipinski definition) is 3. The van der Waals surface area contributed by atoms with Crippen LogP contribution in [0.2, 0.25) is 0 Å². The zero-order chi connectivity index (χ0) is 22.3. The molecular weight excluding hydrogens is 606 g/mol. The predicted molar refractivity (Wildman–Crippen MR) is 129 cm³/mol. The highest BCUT2D eigenvalue weighted by Crippen LogP contribution is 2.40. The summed E-state index contributed by atoms with van der Waals surface area (Å²) in [5.41, 5.74) is 0.993. The highest BCUT2D eigenvalue weighted by molar-refractivity contribution is 9.11. The predicted octanol–water partition coefficient (Wildman–Crippen LogP) is 6.47. The summed E-state index contributed by atoms with van der Waals surface area (Å²) in [6, 6.07) is 10.4. The Bertz CT molecular complexity index is 895. The second kappa shape index (κ2) is 12.0. The summed E-state index contributed by atoms with van der Waals surface area (Å²) >= 11 is 13.9. The Hall–Kier alpha value is -1.23. The van der Waals surface area contributed by atoms with Crippen LogP contribution in [0.1, 0.15) is 25.0 Å². The molecule has 1 amide bonds. The molecule has 0 spiro atoms. The van der Waals surface area contributed by atoms with E-state index in [-0.39, 0.29) is 24.0 Å². The van der Waals surface area contributed by atoms with Gasteiger partial charge >= 0.3 is 12.1 Å². The smallest absolute Gasteiger partial charge is 0.412 e. The summed E-state index contributed by atoms with van der Waals surface area (Å²) in [5.74, 6) is -0.730. The Labute approximate surface area is 205 Å². The minimum atomic E-state index is -0.788. The molecule has 2 aromatic carbocycles. The van der Waals surface area contributed by atoms with Crippen LogP contribution in [0.4, 0.5) is 10.5 Å². The molecule has 0 unspecified atom stereocenters. The van der Waals surface area contributed by atoms with Crippen LogP contribution in [0, 0.1) is 5.92 Å². The van der Waals surface area contributed by atoms with E-state index >= 15 is 0 Å². The quantitative estimate of drug-likeness (QED) is 0.231. The largest absolute Gasteiger partial charge is 0.506 e. The van der Waals surface area contributed by atoms with Gasteiger partial charge < -0.3 is 14.6 Å². The Balaban J connectivity index is 2.21. The molecule has 0 aliphatic carbocycles. The highest BCUT2D eigenvalue weighted by Gasteiger charge is 2.28. The molecular formula is C20H20Br3NO5S. The number of nitrogens with one attached hydrogen (secondary N) is 1. The average Bonchev–Trinajstić information content (AvgIpc) is 2.70. The second-order valence-corrected chi connectivity index (χ2v) is 9.43. The molecule has 10 heteroatoms. The van der Waals surface area contributed by atoms with Crippen molar-refractivity contribution in [2.75, 3.05) is 17.7 Å². The molecule has 0 saturated heterocycles. The molecule has 0 aliphatic rings. The van der Waals surface area contributed by atoms with E-state index in [0.717, 1.165) is 4.47 Å². The second-order valence-electron chi connectivity index (χ2n) is 6.43. The third-order valence-electron chi connectivity index (χ3n) is 4.17. The monoisotopic (exact) mass is 623 g/mol. The molecule has 162 valence electrons. The zero-order valence-electron chi connectivity index (χ0n) is 15.9. The zero-order valence-corrected chi connectivity index (χ0v) is 21.6. The van der Waals surface area contributed by atoms with Crippen molar-refractivity contribution < 1.29 is 24.2 Å². The van der Waals surface area contributed by atoms with Gasteiger partial charge in [0.15, 0.2) is 0 Å². The van der Waals surface area contributed by atoms with E-state index in [4.69, 9.17) is 9.47 Å². The maximum atomic E-state index is 12.5. The van der Waals surface area contributed by atoms with Crippen LogP contribution in [-0.2, 0) is 14.3 Å². The summed E-state index contributed by atoms with van der Waals surface area (Å²) in [6.45, 7) is 1.99. The molecule has 2 N–H and O–H groups in total. The Kier molecular flexibility index (Phi) is 9.99. The van der Waals surface area contributed by atoms with Gasteiger partial charge in [-0.2, -0.15) is 12.6 Å². The number of rotatable bonds is 8. The number of phenolic OH excluding ortho intramolecular Hbond substituents is 1. The van der Waals surface area contributed by atoms with Crippen LogP contribution in [0.3, 0.4) is 0 Å². The van der Waals surface area contributed by atoms with Crippen LogP contribution in [0.25, 0.3) is 0 Å². The van der Waals surface area contributed by atoms with Gasteiger partial charge in [-0.05, 0) is 58.7 Å². The number of halogens is 3. The minimum absolute atomic E-state index is 0.0106. The molecule has 0 aromatic heterocycles. The number of anilines is 1. The fraction of sp³-hybridized carbons (Fsp3) is 0.300. The minimum Gasteiger partial charge on any atom is -0.506 e. The van der Waals surface area contributed by atoms with E-state index in [9.17, 15) is 14.7 Å². The van der Waals surface area contributed by atoms with Gasteiger partial charge in [0.05, 0.1) is 16.8 Å². The molecule has 30 heavy (non-hydrogen) atoms. The number of benzene rings is 2. The average molecular weight is 626 g/mol. The van der Waals surface area contributed by atoms with Crippen molar-refractivity contribution in [3.8, 4) is 5.75 Å². The third-order valence-corrected chi connectivity index (χ3v) is 6.02. The van der Waals surface area contributed by atoms with E-state index < -0.39 is 18.2 Å². The number of esters is 1. The standard InChI is InChI=1S/C20H20Br3NO5S/c1-11(6-7-28-17(25)10-30)19(15-8-13(22)9-16(23)18(15)26)29-20(27)24-14-4-2-12(21)3-5-14/h2-5,8-9,11,19,26,30H,6-7,10H2,1H3,(H,24,27)/t11-,19-/m1/s1. The molecule has 0 aliphatic heterocycles. The Morgan fingerprint density at radius 2 is 1.80 bits per heavy atom. The van der Waals surface area contributed by atoms with Crippen molar-refractivity contribution in [3.05, 3.63) is 55.4 Å². The first-order chi connectivity index (χ1) is 14.2. The van der Waals surface area contributed by atoms with Crippen LogP contribution >= 0.6 is 60.4 Å². The van der Waals surface area contributed by atoms with Gasteiger partial charge in [-0.1, -0.05) is 38.8 Å². The lowest BCUT2D eigenvalue weighted by Crippen LogP contribution is -2.23. The maximum absolute atomic E-state index is 12.5. The lowest BCUT2D eigenvalue weighted by molar-refractivity contribution is -0.141. The number of thiol groups is 1. The van der Waals surface area contributed by atoms with Gasteiger partial charge in [-0.15, -0.1) is 0 Å². The normalized spacial score (nSPS) is 12.7. The molecule has 0 saturated carbocycles. The number of ether oxygens (including phenoxy) is 2. The molecule has 2 aromatic rings. The number of carbonyl (C=O) groups excluding carboxylic acids is 2. The summed E-state index contributed by atoms with van der Waals surface area (Å²) in [5, 5.41) is 13.2. The fourth-order valence-corrected chi connectivity index (χ4v) is 4.25. The molecule has 6 nitrogen and oxygen atoms in total. The number of amides is 1. The first kappa shape index (κ1) is 25.0. The van der Waals surface area contributed by atoms with E-state index in [1.807, 2.05) is 6.92 Å². The lowest BCUT2D eigenvalue weighted by atomic mass is 9.94. The highest BCUT2D eigenvalue weighted by atomic mass is 79.9. The van der Waals surface area contributed by atoms with Crippen LogP contribution in [0.5, 0.6) is 5.75 Å². The first-order valence-corrected chi connectivity index (χ1v) is 11.9.